The quantitative estimate of drug-likeness (QED) is 0.826. The summed E-state index contributed by atoms with van der Waals surface area (Å²) in [6.07, 6.45) is 0.292. The lowest BCUT2D eigenvalue weighted by Crippen LogP contribution is -2.14. The number of hydrogen-bond donors (Lipinski definition) is 1. The van der Waals surface area contributed by atoms with E-state index in [9.17, 15) is 5.11 Å². The minimum Gasteiger partial charge on any atom is -0.497 e. The van der Waals surface area contributed by atoms with Crippen LogP contribution < -0.4 is 9.47 Å². The van der Waals surface area contributed by atoms with Crippen molar-refractivity contribution in [2.24, 2.45) is 5.92 Å². The Hall–Kier alpha value is -1.30. The first-order chi connectivity index (χ1) is 9.74. The van der Waals surface area contributed by atoms with Gasteiger partial charge < -0.3 is 24.1 Å². The van der Waals surface area contributed by atoms with E-state index in [0.717, 1.165) is 19.6 Å². The molecule has 20 heavy (non-hydrogen) atoms. The Morgan fingerprint density at radius 2 is 2.20 bits per heavy atom. The van der Waals surface area contributed by atoms with Gasteiger partial charge in [-0.1, -0.05) is 0 Å². The first-order valence-electron chi connectivity index (χ1n) is 6.80. The molecule has 0 saturated carbocycles. The summed E-state index contributed by atoms with van der Waals surface area (Å²) in [6, 6.07) is 5.35. The summed E-state index contributed by atoms with van der Waals surface area (Å²) in [7, 11) is 3.17. The van der Waals surface area contributed by atoms with Crippen LogP contribution in [-0.4, -0.2) is 45.8 Å². The Balaban J connectivity index is 1.91. The molecule has 1 aromatic rings. The molecule has 0 spiro atoms. The number of benzene rings is 1. The lowest BCUT2D eigenvalue weighted by Gasteiger charge is -2.17. The highest BCUT2D eigenvalue weighted by molar-refractivity contribution is 5.41. The topological polar surface area (TPSA) is 57.2 Å². The fourth-order valence-corrected chi connectivity index (χ4v) is 2.25. The number of hydrogen-bond acceptors (Lipinski definition) is 5. The fraction of sp³-hybridized carbons (Fsp3) is 0.600. The number of aliphatic hydroxyl groups is 1. The summed E-state index contributed by atoms with van der Waals surface area (Å²) in [5, 5.41) is 10.2. The van der Waals surface area contributed by atoms with E-state index in [4.69, 9.17) is 18.9 Å². The standard InChI is InChI=1S/C15H22O5/c1-17-12-3-4-15(18-2)13(7-12)14(16)10-20-9-11-5-6-19-8-11/h3-4,7,11,14,16H,5-6,8-10H2,1-2H3. The first-order valence-corrected chi connectivity index (χ1v) is 6.80. The Morgan fingerprint density at radius 3 is 2.85 bits per heavy atom. The molecule has 1 aliphatic rings. The van der Waals surface area contributed by atoms with Gasteiger partial charge in [0.15, 0.2) is 0 Å². The zero-order chi connectivity index (χ0) is 14.4. The highest BCUT2D eigenvalue weighted by Gasteiger charge is 2.18. The van der Waals surface area contributed by atoms with E-state index in [-0.39, 0.29) is 6.61 Å². The number of ether oxygens (including phenoxy) is 4. The summed E-state index contributed by atoms with van der Waals surface area (Å²) >= 11 is 0. The van der Waals surface area contributed by atoms with Crippen molar-refractivity contribution in [2.45, 2.75) is 12.5 Å². The van der Waals surface area contributed by atoms with E-state index in [2.05, 4.69) is 0 Å². The highest BCUT2D eigenvalue weighted by atomic mass is 16.5. The van der Waals surface area contributed by atoms with Crippen molar-refractivity contribution in [1.82, 2.24) is 0 Å². The molecule has 1 N–H and O–H groups in total. The maximum Gasteiger partial charge on any atom is 0.125 e. The van der Waals surface area contributed by atoms with Crippen LogP contribution in [0.5, 0.6) is 11.5 Å². The Morgan fingerprint density at radius 1 is 1.35 bits per heavy atom. The average Bonchev–Trinajstić information content (AvgIpc) is 2.99. The van der Waals surface area contributed by atoms with Crippen LogP contribution in [-0.2, 0) is 9.47 Å². The van der Waals surface area contributed by atoms with Gasteiger partial charge >= 0.3 is 0 Å². The van der Waals surface area contributed by atoms with Crippen molar-refractivity contribution in [3.63, 3.8) is 0 Å². The van der Waals surface area contributed by atoms with Crippen LogP contribution in [0.1, 0.15) is 18.1 Å². The van der Waals surface area contributed by atoms with Crippen LogP contribution in [0, 0.1) is 5.92 Å². The largest absolute Gasteiger partial charge is 0.497 e. The van der Waals surface area contributed by atoms with Crippen molar-refractivity contribution in [3.05, 3.63) is 23.8 Å². The summed E-state index contributed by atoms with van der Waals surface area (Å²) in [6.45, 7) is 2.40. The van der Waals surface area contributed by atoms with E-state index >= 15 is 0 Å². The van der Waals surface area contributed by atoms with Crippen LogP contribution >= 0.6 is 0 Å². The predicted molar refractivity (Wildman–Crippen MR) is 74.3 cm³/mol. The third-order valence-electron chi connectivity index (χ3n) is 3.45. The summed E-state index contributed by atoms with van der Waals surface area (Å²) in [5.74, 6) is 1.75. The maximum atomic E-state index is 10.2. The molecular formula is C15H22O5. The van der Waals surface area contributed by atoms with Gasteiger partial charge in [0.2, 0.25) is 0 Å². The van der Waals surface area contributed by atoms with Crippen molar-refractivity contribution in [2.75, 3.05) is 40.6 Å². The molecule has 0 aliphatic carbocycles. The molecule has 1 fully saturated rings. The van der Waals surface area contributed by atoms with E-state index in [1.54, 1.807) is 32.4 Å². The van der Waals surface area contributed by atoms with Crippen LogP contribution in [0.2, 0.25) is 0 Å². The number of aliphatic hydroxyl groups excluding tert-OH is 1. The van der Waals surface area contributed by atoms with Gasteiger partial charge in [0, 0.05) is 18.1 Å². The molecule has 0 amide bonds. The third kappa shape index (κ3) is 3.85. The molecule has 5 nitrogen and oxygen atoms in total. The van der Waals surface area contributed by atoms with E-state index in [1.165, 1.54) is 0 Å². The van der Waals surface area contributed by atoms with Gasteiger partial charge in [-0.15, -0.1) is 0 Å². The molecule has 112 valence electrons. The molecule has 1 heterocycles. The smallest absolute Gasteiger partial charge is 0.125 e. The summed E-state index contributed by atoms with van der Waals surface area (Å²) in [4.78, 5) is 0. The van der Waals surface area contributed by atoms with Gasteiger partial charge in [0.25, 0.3) is 0 Å². The first kappa shape index (κ1) is 15.1. The van der Waals surface area contributed by atoms with Crippen molar-refractivity contribution in [1.29, 1.82) is 0 Å². The molecule has 1 aliphatic heterocycles. The minimum atomic E-state index is -0.734. The molecular weight excluding hydrogens is 260 g/mol. The summed E-state index contributed by atoms with van der Waals surface area (Å²) < 4.78 is 21.3. The lowest BCUT2D eigenvalue weighted by atomic mass is 10.1. The third-order valence-corrected chi connectivity index (χ3v) is 3.45. The molecule has 1 saturated heterocycles. The van der Waals surface area contributed by atoms with Gasteiger partial charge in [0.1, 0.15) is 17.6 Å². The second-order valence-electron chi connectivity index (χ2n) is 4.89. The molecule has 5 heteroatoms. The fourth-order valence-electron chi connectivity index (χ4n) is 2.25. The maximum absolute atomic E-state index is 10.2. The molecule has 0 aromatic heterocycles. The average molecular weight is 282 g/mol. The van der Waals surface area contributed by atoms with Crippen molar-refractivity contribution >= 4 is 0 Å². The van der Waals surface area contributed by atoms with Gasteiger partial charge in [-0.2, -0.15) is 0 Å². The highest BCUT2D eigenvalue weighted by Crippen LogP contribution is 2.29. The molecule has 2 unspecified atom stereocenters. The predicted octanol–water partition coefficient (Wildman–Crippen LogP) is 1.79. The van der Waals surface area contributed by atoms with E-state index < -0.39 is 6.10 Å². The van der Waals surface area contributed by atoms with Gasteiger partial charge in [0.05, 0.1) is 34.0 Å². The SMILES string of the molecule is COc1ccc(OC)c(C(O)COCC2CCOC2)c1. The van der Waals surface area contributed by atoms with E-state index in [1.807, 2.05) is 0 Å². The van der Waals surface area contributed by atoms with Crippen molar-refractivity contribution in [3.8, 4) is 11.5 Å². The van der Waals surface area contributed by atoms with Gasteiger partial charge in [-0.05, 0) is 24.6 Å². The Bertz CT molecular complexity index is 415. The van der Waals surface area contributed by atoms with Crippen LogP contribution in [0.3, 0.4) is 0 Å². The number of methoxy groups -OCH3 is 2. The lowest BCUT2D eigenvalue weighted by molar-refractivity contribution is 0.0175. The summed E-state index contributed by atoms with van der Waals surface area (Å²) in [5.41, 5.74) is 0.675. The Labute approximate surface area is 119 Å². The Kier molecular flexibility index (Phi) is 5.64. The van der Waals surface area contributed by atoms with Gasteiger partial charge in [-0.3, -0.25) is 0 Å². The zero-order valence-electron chi connectivity index (χ0n) is 12.0. The van der Waals surface area contributed by atoms with Gasteiger partial charge in [-0.25, -0.2) is 0 Å². The molecule has 0 bridgehead atoms. The monoisotopic (exact) mass is 282 g/mol. The zero-order valence-corrected chi connectivity index (χ0v) is 12.0. The second-order valence-corrected chi connectivity index (χ2v) is 4.89. The van der Waals surface area contributed by atoms with Crippen molar-refractivity contribution < 1.29 is 24.1 Å². The molecule has 1 aromatic carbocycles. The molecule has 2 rings (SSSR count). The normalized spacial score (nSPS) is 19.9. The van der Waals surface area contributed by atoms with Crippen LogP contribution in [0.25, 0.3) is 0 Å². The van der Waals surface area contributed by atoms with Crippen LogP contribution in [0.4, 0.5) is 0 Å². The van der Waals surface area contributed by atoms with Crippen LogP contribution in [0.15, 0.2) is 18.2 Å². The molecule has 0 radical (unpaired) electrons. The minimum absolute atomic E-state index is 0.236. The number of rotatable bonds is 7. The second kappa shape index (κ2) is 7.47. The molecule has 2 atom stereocenters. The van der Waals surface area contributed by atoms with E-state index in [0.29, 0.717) is 29.6 Å².